The highest BCUT2D eigenvalue weighted by Gasteiger charge is 2.14. The summed E-state index contributed by atoms with van der Waals surface area (Å²) in [6.45, 7) is 0. The van der Waals surface area contributed by atoms with E-state index in [1.165, 1.54) is 0 Å². The number of hydrogen-bond donors (Lipinski definition) is 3. The van der Waals surface area contributed by atoms with E-state index >= 15 is 0 Å². The molecule has 0 saturated carbocycles. The summed E-state index contributed by atoms with van der Waals surface area (Å²) in [6, 6.07) is 20.7. The number of nitrogens with one attached hydrogen (secondary N) is 3. The van der Waals surface area contributed by atoms with E-state index in [9.17, 15) is 4.79 Å². The van der Waals surface area contributed by atoms with Gasteiger partial charge in [-0.25, -0.2) is 9.97 Å². The second-order valence-corrected chi connectivity index (χ2v) is 7.57. The molecule has 8 heteroatoms. The minimum atomic E-state index is -0.192. The highest BCUT2D eigenvalue weighted by molar-refractivity contribution is 6.04. The fourth-order valence-electron chi connectivity index (χ4n) is 3.77. The van der Waals surface area contributed by atoms with E-state index in [-0.39, 0.29) is 5.91 Å². The van der Waals surface area contributed by atoms with Crippen molar-refractivity contribution < 1.29 is 4.79 Å². The minimum absolute atomic E-state index is 0.192. The van der Waals surface area contributed by atoms with Gasteiger partial charge in [0.1, 0.15) is 16.9 Å². The molecule has 3 N–H and O–H groups in total. The van der Waals surface area contributed by atoms with E-state index < -0.39 is 0 Å². The first-order chi connectivity index (χ1) is 16.2. The molecule has 0 saturated heterocycles. The van der Waals surface area contributed by atoms with Crippen LogP contribution in [0.1, 0.15) is 10.4 Å². The molecule has 5 heterocycles. The Balaban J connectivity index is 1.36. The molecule has 158 valence electrons. The van der Waals surface area contributed by atoms with E-state index in [4.69, 9.17) is 4.98 Å². The molecule has 33 heavy (non-hydrogen) atoms. The first-order valence-corrected chi connectivity index (χ1v) is 10.4. The maximum atomic E-state index is 12.5. The van der Waals surface area contributed by atoms with Crippen molar-refractivity contribution >= 4 is 33.7 Å². The lowest BCUT2D eigenvalue weighted by atomic mass is 10.1. The van der Waals surface area contributed by atoms with Gasteiger partial charge in [0, 0.05) is 28.9 Å². The Kier molecular flexibility index (Phi) is 4.40. The lowest BCUT2D eigenvalue weighted by Crippen LogP contribution is -2.11. The summed E-state index contributed by atoms with van der Waals surface area (Å²) in [7, 11) is 0. The topological polar surface area (TPSA) is 112 Å². The Morgan fingerprint density at radius 2 is 1.85 bits per heavy atom. The predicted octanol–water partition coefficient (Wildman–Crippen LogP) is 4.82. The quantitative estimate of drug-likeness (QED) is 0.371. The molecule has 5 aromatic heterocycles. The molecule has 0 aliphatic rings. The van der Waals surface area contributed by atoms with E-state index in [0.717, 1.165) is 39.0 Å². The van der Waals surface area contributed by atoms with Gasteiger partial charge in [-0.05, 0) is 48.5 Å². The van der Waals surface area contributed by atoms with Crippen LogP contribution in [0.3, 0.4) is 0 Å². The number of fused-ring (bicyclic) bond motifs is 2. The van der Waals surface area contributed by atoms with Gasteiger partial charge in [0.05, 0.1) is 28.8 Å². The van der Waals surface area contributed by atoms with Crippen molar-refractivity contribution in [3.8, 4) is 22.6 Å². The summed E-state index contributed by atoms with van der Waals surface area (Å²) in [5.41, 5.74) is 6.59. The Hall–Kier alpha value is -4.85. The molecular weight excluding hydrogens is 414 g/mol. The van der Waals surface area contributed by atoms with E-state index in [1.807, 2.05) is 54.6 Å². The molecule has 8 nitrogen and oxygen atoms in total. The summed E-state index contributed by atoms with van der Waals surface area (Å²) >= 11 is 0. The standard InChI is InChI=1S/C25H17N7O/c33-25(15-5-2-1-3-6-15)28-18-11-17(13-26-14-18)19-8-9-20-22(29-19)23(32-31-20)21-12-16-7-4-10-27-24(16)30-21/h1-14H,(H,27,30)(H,28,33)(H,31,32). The molecule has 0 bridgehead atoms. The number of carbonyl (C=O) groups excluding carboxylic acids is 1. The monoisotopic (exact) mass is 431 g/mol. The molecule has 1 aromatic carbocycles. The zero-order chi connectivity index (χ0) is 22.2. The number of carbonyl (C=O) groups is 1. The predicted molar refractivity (Wildman–Crippen MR) is 127 cm³/mol. The van der Waals surface area contributed by atoms with Crippen LogP contribution in [-0.4, -0.2) is 36.0 Å². The molecule has 6 rings (SSSR count). The highest BCUT2D eigenvalue weighted by atomic mass is 16.1. The van der Waals surface area contributed by atoms with Gasteiger partial charge in [0.2, 0.25) is 0 Å². The average molecular weight is 431 g/mol. The normalized spacial score (nSPS) is 11.2. The van der Waals surface area contributed by atoms with E-state index in [2.05, 4.69) is 30.5 Å². The van der Waals surface area contributed by atoms with Gasteiger partial charge in [-0.15, -0.1) is 0 Å². The molecule has 6 aromatic rings. The Morgan fingerprint density at radius 1 is 0.939 bits per heavy atom. The summed E-state index contributed by atoms with van der Waals surface area (Å²) in [6.07, 6.45) is 5.08. The largest absolute Gasteiger partial charge is 0.338 e. The number of anilines is 1. The van der Waals surface area contributed by atoms with Crippen molar-refractivity contribution in [2.75, 3.05) is 5.32 Å². The van der Waals surface area contributed by atoms with Gasteiger partial charge >= 0.3 is 0 Å². The molecule has 0 aliphatic heterocycles. The van der Waals surface area contributed by atoms with Crippen LogP contribution in [0.2, 0.25) is 0 Å². The highest BCUT2D eigenvalue weighted by Crippen LogP contribution is 2.29. The number of H-pyrrole nitrogens is 2. The molecular formula is C25H17N7O. The van der Waals surface area contributed by atoms with E-state index in [1.54, 1.807) is 30.7 Å². The van der Waals surface area contributed by atoms with Gasteiger partial charge in [-0.2, -0.15) is 5.10 Å². The van der Waals surface area contributed by atoms with Crippen LogP contribution in [0.4, 0.5) is 5.69 Å². The van der Waals surface area contributed by atoms with Crippen LogP contribution < -0.4 is 5.32 Å². The zero-order valence-electron chi connectivity index (χ0n) is 17.3. The van der Waals surface area contributed by atoms with Crippen LogP contribution >= 0.6 is 0 Å². The van der Waals surface area contributed by atoms with Crippen molar-refractivity contribution in [1.29, 1.82) is 0 Å². The molecule has 0 atom stereocenters. The molecule has 0 spiro atoms. The van der Waals surface area contributed by atoms with Crippen molar-refractivity contribution in [2.45, 2.75) is 0 Å². The van der Waals surface area contributed by atoms with Gasteiger partial charge in [0.15, 0.2) is 0 Å². The van der Waals surface area contributed by atoms with Gasteiger partial charge in [-0.1, -0.05) is 18.2 Å². The number of nitrogens with zero attached hydrogens (tertiary/aromatic N) is 4. The fourth-order valence-corrected chi connectivity index (χ4v) is 3.77. The third kappa shape index (κ3) is 3.49. The minimum Gasteiger partial charge on any atom is -0.338 e. The van der Waals surface area contributed by atoms with Crippen LogP contribution in [0.25, 0.3) is 44.7 Å². The number of aromatic nitrogens is 6. The summed E-state index contributed by atoms with van der Waals surface area (Å²) in [5.74, 6) is -0.192. The van der Waals surface area contributed by atoms with Crippen LogP contribution in [0.5, 0.6) is 0 Å². The summed E-state index contributed by atoms with van der Waals surface area (Å²) in [4.78, 5) is 29.3. The lowest BCUT2D eigenvalue weighted by molar-refractivity contribution is 0.102. The van der Waals surface area contributed by atoms with Crippen LogP contribution in [0.15, 0.2) is 85.3 Å². The smallest absolute Gasteiger partial charge is 0.255 e. The zero-order valence-corrected chi connectivity index (χ0v) is 17.3. The second-order valence-electron chi connectivity index (χ2n) is 7.57. The van der Waals surface area contributed by atoms with Gasteiger partial charge in [-0.3, -0.25) is 14.9 Å². The maximum absolute atomic E-state index is 12.5. The van der Waals surface area contributed by atoms with Crippen molar-refractivity contribution in [2.24, 2.45) is 0 Å². The third-order valence-electron chi connectivity index (χ3n) is 5.38. The maximum Gasteiger partial charge on any atom is 0.255 e. The average Bonchev–Trinajstić information content (AvgIpc) is 3.48. The molecule has 0 fully saturated rings. The van der Waals surface area contributed by atoms with Crippen molar-refractivity contribution in [1.82, 2.24) is 30.1 Å². The number of hydrogen-bond acceptors (Lipinski definition) is 5. The Labute approximate surface area is 187 Å². The third-order valence-corrected chi connectivity index (χ3v) is 5.38. The van der Waals surface area contributed by atoms with E-state index in [0.29, 0.717) is 16.9 Å². The number of rotatable bonds is 4. The fraction of sp³-hybridized carbons (Fsp3) is 0. The summed E-state index contributed by atoms with van der Waals surface area (Å²) in [5, 5.41) is 11.4. The number of pyridine rings is 3. The first kappa shape index (κ1) is 18.9. The SMILES string of the molecule is O=C(Nc1cncc(-c2ccc3[nH]nc(-c4cc5cccnc5[nH]4)c3n2)c1)c1ccccc1. The molecule has 0 unspecified atom stereocenters. The van der Waals surface area contributed by atoms with Crippen molar-refractivity contribution in [3.05, 3.63) is 90.9 Å². The lowest BCUT2D eigenvalue weighted by Gasteiger charge is -2.07. The van der Waals surface area contributed by atoms with Crippen LogP contribution in [0, 0.1) is 0 Å². The van der Waals surface area contributed by atoms with Gasteiger partial charge < -0.3 is 10.3 Å². The number of amides is 1. The van der Waals surface area contributed by atoms with Crippen LogP contribution in [-0.2, 0) is 0 Å². The van der Waals surface area contributed by atoms with Gasteiger partial charge in [0.25, 0.3) is 5.91 Å². The molecule has 0 aliphatic carbocycles. The molecule has 1 amide bonds. The molecule has 0 radical (unpaired) electrons. The number of benzene rings is 1. The van der Waals surface area contributed by atoms with Crippen molar-refractivity contribution in [3.63, 3.8) is 0 Å². The first-order valence-electron chi connectivity index (χ1n) is 10.4. The summed E-state index contributed by atoms with van der Waals surface area (Å²) < 4.78 is 0. The Bertz CT molecular complexity index is 1590. The second kappa shape index (κ2) is 7.69. The Morgan fingerprint density at radius 3 is 2.73 bits per heavy atom. The number of aromatic amines is 2.